The maximum Gasteiger partial charge on any atom is 0.162 e. The van der Waals surface area contributed by atoms with Crippen molar-refractivity contribution in [1.82, 2.24) is 24.5 Å². The molecule has 0 bridgehead atoms. The average molecular weight is 780 g/mol. The van der Waals surface area contributed by atoms with Crippen molar-refractivity contribution in [2.45, 2.75) is 0 Å². The highest BCUT2D eigenvalue weighted by atomic mass is 16.3. The van der Waals surface area contributed by atoms with Crippen LogP contribution in [0.2, 0.25) is 0 Å². The predicted octanol–water partition coefficient (Wildman–Crippen LogP) is 14.1. The molecule has 0 saturated heterocycles. The number of aromatic nitrogens is 5. The van der Waals surface area contributed by atoms with E-state index in [-0.39, 0.29) is 0 Å². The molecule has 0 aliphatic heterocycles. The van der Waals surface area contributed by atoms with E-state index >= 15 is 0 Å². The van der Waals surface area contributed by atoms with Gasteiger partial charge in [0.15, 0.2) is 11.6 Å². The first-order valence-electron chi connectivity index (χ1n) is 20.4. The fourth-order valence-corrected chi connectivity index (χ4v) is 9.62. The first-order valence-corrected chi connectivity index (χ1v) is 20.4. The minimum atomic E-state index is 0.582. The maximum atomic E-state index is 6.41. The van der Waals surface area contributed by atoms with E-state index in [4.69, 9.17) is 28.8 Å². The molecular formula is C54H29N5O2. The molecule has 14 aromatic rings. The van der Waals surface area contributed by atoms with Crippen molar-refractivity contribution in [1.29, 1.82) is 0 Å². The summed E-state index contributed by atoms with van der Waals surface area (Å²) in [7, 11) is 0. The van der Waals surface area contributed by atoms with Crippen LogP contribution in [0, 0.1) is 0 Å². The lowest BCUT2D eigenvalue weighted by atomic mass is 10.0. The van der Waals surface area contributed by atoms with Crippen LogP contribution in [0.4, 0.5) is 0 Å². The molecule has 6 heterocycles. The second kappa shape index (κ2) is 12.1. The quantitative estimate of drug-likeness (QED) is 0.166. The van der Waals surface area contributed by atoms with E-state index in [2.05, 4.69) is 162 Å². The highest BCUT2D eigenvalue weighted by Crippen LogP contribution is 2.41. The Balaban J connectivity index is 1.05. The Kier molecular flexibility index (Phi) is 6.43. The van der Waals surface area contributed by atoms with Crippen LogP contribution >= 0.6 is 0 Å². The van der Waals surface area contributed by atoms with Crippen LogP contribution in [-0.2, 0) is 0 Å². The summed E-state index contributed by atoms with van der Waals surface area (Å²) in [5, 5.41) is 12.9. The number of furan rings is 2. The zero-order chi connectivity index (χ0) is 39.8. The molecule has 0 amide bonds. The molecule has 0 atom stereocenters. The molecule has 0 unspecified atom stereocenters. The first kappa shape index (κ1) is 32.5. The molecule has 282 valence electrons. The molecule has 0 fully saturated rings. The molecule has 6 aromatic heterocycles. The standard InChI is InChI=1S/C54H29N5O2/c1-3-10-35-30(8-1)17-25-46-48(35)40-28-33(19-23-44(40)60-46)42-22-16-32-15-21-39-51(50(32)56-42)57-52(58-54(39)59-43-14-6-5-12-37(43)38-13-7-27-55-53(38)59)34-20-24-45-41(29-34)49-36-11-4-2-9-31(36)18-26-47(49)61-45/h1-29H. The summed E-state index contributed by atoms with van der Waals surface area (Å²) >= 11 is 0. The zero-order valence-electron chi connectivity index (χ0n) is 32.3. The number of nitrogens with zero attached hydrogens (tertiary/aromatic N) is 5. The lowest BCUT2D eigenvalue weighted by Crippen LogP contribution is -2.04. The smallest absolute Gasteiger partial charge is 0.162 e. The molecule has 0 aliphatic carbocycles. The number of rotatable bonds is 3. The van der Waals surface area contributed by atoms with Crippen molar-refractivity contribution >= 4 is 109 Å². The Bertz CT molecular complexity index is 4140. The lowest BCUT2D eigenvalue weighted by Gasteiger charge is -2.14. The molecule has 61 heavy (non-hydrogen) atoms. The lowest BCUT2D eigenvalue weighted by molar-refractivity contribution is 0.669. The van der Waals surface area contributed by atoms with Gasteiger partial charge in [0.1, 0.15) is 33.5 Å². The Morgan fingerprint density at radius 1 is 0.393 bits per heavy atom. The van der Waals surface area contributed by atoms with Crippen LogP contribution in [0.25, 0.3) is 138 Å². The number of benzene rings is 8. The maximum absolute atomic E-state index is 6.41. The zero-order valence-corrected chi connectivity index (χ0v) is 32.3. The monoisotopic (exact) mass is 779 g/mol. The Labute approximate surface area is 345 Å². The Hall–Kier alpha value is -8.42. The summed E-state index contributed by atoms with van der Waals surface area (Å²) in [5.41, 5.74) is 9.47. The van der Waals surface area contributed by atoms with Gasteiger partial charge in [-0.15, -0.1) is 0 Å². The van der Waals surface area contributed by atoms with Gasteiger partial charge in [0.05, 0.1) is 16.7 Å². The number of hydrogen-bond acceptors (Lipinski definition) is 6. The van der Waals surface area contributed by atoms with E-state index in [1.165, 1.54) is 10.8 Å². The van der Waals surface area contributed by atoms with Crippen molar-refractivity contribution in [2.24, 2.45) is 0 Å². The number of pyridine rings is 2. The topological polar surface area (TPSA) is 82.8 Å². The third kappa shape index (κ3) is 4.62. The van der Waals surface area contributed by atoms with Crippen LogP contribution in [0.3, 0.4) is 0 Å². The van der Waals surface area contributed by atoms with Crippen molar-refractivity contribution in [3.05, 3.63) is 176 Å². The van der Waals surface area contributed by atoms with E-state index in [0.717, 1.165) is 121 Å². The van der Waals surface area contributed by atoms with Crippen LogP contribution in [0.15, 0.2) is 185 Å². The van der Waals surface area contributed by atoms with Gasteiger partial charge in [0, 0.05) is 60.4 Å². The molecule has 0 N–H and O–H groups in total. The second-order valence-corrected chi connectivity index (χ2v) is 15.8. The van der Waals surface area contributed by atoms with Gasteiger partial charge >= 0.3 is 0 Å². The fraction of sp³-hybridized carbons (Fsp3) is 0. The van der Waals surface area contributed by atoms with Crippen LogP contribution in [0.5, 0.6) is 0 Å². The molecule has 0 spiro atoms. The predicted molar refractivity (Wildman–Crippen MR) is 247 cm³/mol. The van der Waals surface area contributed by atoms with Gasteiger partial charge in [0.2, 0.25) is 0 Å². The highest BCUT2D eigenvalue weighted by molar-refractivity contribution is 6.21. The molecule has 0 aliphatic rings. The minimum Gasteiger partial charge on any atom is -0.456 e. The second-order valence-electron chi connectivity index (χ2n) is 15.8. The van der Waals surface area contributed by atoms with Gasteiger partial charge < -0.3 is 8.83 Å². The van der Waals surface area contributed by atoms with Gasteiger partial charge in [0.25, 0.3) is 0 Å². The molecular weight excluding hydrogens is 751 g/mol. The molecule has 8 aromatic carbocycles. The van der Waals surface area contributed by atoms with E-state index in [1.807, 2.05) is 18.3 Å². The van der Waals surface area contributed by atoms with Crippen molar-refractivity contribution in [2.75, 3.05) is 0 Å². The molecule has 7 heteroatoms. The van der Waals surface area contributed by atoms with Crippen LogP contribution < -0.4 is 0 Å². The van der Waals surface area contributed by atoms with Crippen molar-refractivity contribution in [3.63, 3.8) is 0 Å². The third-order valence-corrected chi connectivity index (χ3v) is 12.4. The fourth-order valence-electron chi connectivity index (χ4n) is 9.62. The summed E-state index contributed by atoms with van der Waals surface area (Å²) in [4.78, 5) is 21.3. The van der Waals surface area contributed by atoms with Gasteiger partial charge in [-0.2, -0.15) is 0 Å². The summed E-state index contributed by atoms with van der Waals surface area (Å²) in [5.74, 6) is 1.32. The molecule has 0 radical (unpaired) electrons. The van der Waals surface area contributed by atoms with E-state index in [1.54, 1.807) is 0 Å². The van der Waals surface area contributed by atoms with E-state index in [0.29, 0.717) is 5.82 Å². The summed E-state index contributed by atoms with van der Waals surface area (Å²) in [6.45, 7) is 0. The van der Waals surface area contributed by atoms with Crippen LogP contribution in [0.1, 0.15) is 0 Å². The summed E-state index contributed by atoms with van der Waals surface area (Å²) in [6.07, 6.45) is 1.84. The van der Waals surface area contributed by atoms with Crippen molar-refractivity contribution in [3.8, 4) is 28.5 Å². The van der Waals surface area contributed by atoms with E-state index in [9.17, 15) is 0 Å². The van der Waals surface area contributed by atoms with E-state index < -0.39 is 0 Å². The van der Waals surface area contributed by atoms with Gasteiger partial charge in [-0.3, -0.25) is 4.57 Å². The third-order valence-electron chi connectivity index (χ3n) is 12.4. The molecule has 14 rings (SSSR count). The Morgan fingerprint density at radius 3 is 1.75 bits per heavy atom. The number of hydrogen-bond donors (Lipinski definition) is 0. The largest absolute Gasteiger partial charge is 0.456 e. The normalized spacial score (nSPS) is 12.3. The number of para-hydroxylation sites is 1. The Morgan fingerprint density at radius 2 is 1.00 bits per heavy atom. The summed E-state index contributed by atoms with van der Waals surface area (Å²) in [6, 6.07) is 58.9. The summed E-state index contributed by atoms with van der Waals surface area (Å²) < 4.78 is 14.9. The van der Waals surface area contributed by atoms with Crippen LogP contribution in [-0.4, -0.2) is 24.5 Å². The minimum absolute atomic E-state index is 0.582. The number of fused-ring (bicyclic) bond motifs is 16. The average Bonchev–Trinajstić information content (AvgIpc) is 4.00. The van der Waals surface area contributed by atoms with Crippen molar-refractivity contribution < 1.29 is 8.83 Å². The molecule has 0 saturated carbocycles. The van der Waals surface area contributed by atoms with Gasteiger partial charge in [-0.25, -0.2) is 19.9 Å². The van der Waals surface area contributed by atoms with Gasteiger partial charge in [-0.05, 0) is 100 Å². The SMILES string of the molecule is c1ccc2c(c1)ccc1oc3ccc(-c4ccc5ccc6c(-n7c8ccccc8c8cccnc87)nc(-c7ccc8oc9ccc%10ccccc%10c9c8c7)nc6c5n4)cc3c12. The first-order chi connectivity index (χ1) is 30.2. The molecule has 7 nitrogen and oxygen atoms in total. The highest BCUT2D eigenvalue weighted by Gasteiger charge is 2.22. The van der Waals surface area contributed by atoms with Gasteiger partial charge in [-0.1, -0.05) is 91.0 Å².